The van der Waals surface area contributed by atoms with Crippen LogP contribution in [-0.2, 0) is 0 Å². The first-order valence-electron chi connectivity index (χ1n) is 7.14. The van der Waals surface area contributed by atoms with Gasteiger partial charge in [0.25, 0.3) is 0 Å². The lowest BCUT2D eigenvalue weighted by Gasteiger charge is -2.24. The minimum absolute atomic E-state index is 0.0589. The molecule has 0 aliphatic heterocycles. The maximum Gasteiger partial charge on any atom is 0.203 e. The predicted octanol–water partition coefficient (Wildman–Crippen LogP) is 2.02. The molecule has 116 valence electrons. The zero-order valence-electron chi connectivity index (χ0n) is 12.9. The maximum absolute atomic E-state index is 5.94. The molecule has 0 spiro atoms. The normalized spacial score (nSPS) is 16.0. The number of nitrogens with one attached hydrogen (secondary N) is 1. The number of methoxy groups -OCH3 is 3. The molecule has 0 amide bonds. The Kier molecular flexibility index (Phi) is 5.47. The lowest BCUT2D eigenvalue weighted by molar-refractivity contribution is 0.322. The molecule has 1 aliphatic rings. The van der Waals surface area contributed by atoms with Gasteiger partial charge in [0, 0.05) is 18.6 Å². The monoisotopic (exact) mass is 292 g/mol. The van der Waals surface area contributed by atoms with E-state index in [4.69, 9.17) is 19.9 Å². The van der Waals surface area contributed by atoms with Gasteiger partial charge in [-0.25, -0.2) is 0 Å². The van der Waals surface area contributed by atoms with E-state index in [1.165, 1.54) is 0 Å². The van der Waals surface area contributed by atoms with Gasteiger partial charge >= 0.3 is 0 Å². The van der Waals surface area contributed by atoms with Gasteiger partial charge in [-0.2, -0.15) is 0 Å². The number of ether oxygens (including phenoxy) is 3. The summed E-state index contributed by atoms with van der Waals surface area (Å²) in [7, 11) is 4.84. The third-order valence-corrected chi connectivity index (χ3v) is 3.77. The van der Waals surface area contributed by atoms with E-state index >= 15 is 0 Å². The number of hydrogen-bond donors (Lipinski definition) is 2. The fourth-order valence-electron chi connectivity index (χ4n) is 2.64. The van der Waals surface area contributed by atoms with Crippen LogP contribution in [0.1, 0.15) is 24.4 Å². The number of benzene rings is 1. The van der Waals surface area contributed by atoms with E-state index in [-0.39, 0.29) is 6.04 Å². The van der Waals surface area contributed by atoms with Gasteiger partial charge in [0.15, 0.2) is 11.5 Å². The van der Waals surface area contributed by atoms with E-state index in [2.05, 4.69) is 17.5 Å². The zero-order chi connectivity index (χ0) is 15.2. The molecule has 0 radical (unpaired) electrons. The fraction of sp³-hybridized carbons (Fsp3) is 0.500. The van der Waals surface area contributed by atoms with Crippen LogP contribution in [0, 0.1) is 0 Å². The quantitative estimate of drug-likeness (QED) is 0.753. The highest BCUT2D eigenvalue weighted by atomic mass is 16.5. The average molecular weight is 292 g/mol. The van der Waals surface area contributed by atoms with E-state index in [1.54, 1.807) is 21.3 Å². The van der Waals surface area contributed by atoms with E-state index in [0.29, 0.717) is 29.8 Å². The Hall–Kier alpha value is -1.72. The van der Waals surface area contributed by atoms with Crippen LogP contribution in [0.15, 0.2) is 24.3 Å². The first-order chi connectivity index (χ1) is 10.2. The van der Waals surface area contributed by atoms with E-state index < -0.39 is 0 Å². The minimum atomic E-state index is 0.0589. The third-order valence-electron chi connectivity index (χ3n) is 3.77. The lowest BCUT2D eigenvalue weighted by Crippen LogP contribution is -2.35. The van der Waals surface area contributed by atoms with Crippen molar-refractivity contribution in [3.63, 3.8) is 0 Å². The van der Waals surface area contributed by atoms with Crippen LogP contribution < -0.4 is 25.3 Å². The largest absolute Gasteiger partial charge is 0.493 e. The Morgan fingerprint density at radius 1 is 1.10 bits per heavy atom. The molecule has 0 bridgehead atoms. The SMILES string of the molecule is COc1cc(C(CN)NC2CC=CC2)cc(OC)c1OC. The van der Waals surface area contributed by atoms with Crippen LogP contribution in [0.3, 0.4) is 0 Å². The molecule has 3 N–H and O–H groups in total. The molecule has 0 aromatic heterocycles. The molecule has 1 aromatic carbocycles. The summed E-state index contributed by atoms with van der Waals surface area (Å²) < 4.78 is 16.1. The van der Waals surface area contributed by atoms with Crippen molar-refractivity contribution in [1.29, 1.82) is 0 Å². The summed E-state index contributed by atoms with van der Waals surface area (Å²) in [5.74, 6) is 1.90. The first-order valence-corrected chi connectivity index (χ1v) is 7.14. The molecule has 0 heterocycles. The van der Waals surface area contributed by atoms with Crippen LogP contribution in [0.5, 0.6) is 17.2 Å². The van der Waals surface area contributed by atoms with Crippen molar-refractivity contribution in [2.75, 3.05) is 27.9 Å². The first kappa shape index (κ1) is 15.7. The number of rotatable bonds is 7. The van der Waals surface area contributed by atoms with Gasteiger partial charge in [-0.05, 0) is 30.5 Å². The molecule has 1 aromatic rings. The van der Waals surface area contributed by atoms with E-state index in [9.17, 15) is 0 Å². The molecule has 21 heavy (non-hydrogen) atoms. The Balaban J connectivity index is 2.27. The molecular formula is C16H24N2O3. The van der Waals surface area contributed by atoms with Crippen molar-refractivity contribution < 1.29 is 14.2 Å². The van der Waals surface area contributed by atoms with Crippen molar-refractivity contribution in [1.82, 2.24) is 5.32 Å². The summed E-state index contributed by atoms with van der Waals surface area (Å²) in [6.45, 7) is 0.509. The Morgan fingerprint density at radius 2 is 1.67 bits per heavy atom. The summed E-state index contributed by atoms with van der Waals surface area (Å²) in [6.07, 6.45) is 6.47. The van der Waals surface area contributed by atoms with Crippen LogP contribution in [0.4, 0.5) is 0 Å². The van der Waals surface area contributed by atoms with Gasteiger partial charge in [0.05, 0.1) is 21.3 Å². The summed E-state index contributed by atoms with van der Waals surface area (Å²) in [4.78, 5) is 0. The molecule has 5 heteroatoms. The lowest BCUT2D eigenvalue weighted by atomic mass is 10.0. The van der Waals surface area contributed by atoms with Crippen molar-refractivity contribution in [2.24, 2.45) is 5.73 Å². The molecule has 1 atom stereocenters. The van der Waals surface area contributed by atoms with Gasteiger partial charge in [0.1, 0.15) is 0 Å². The smallest absolute Gasteiger partial charge is 0.203 e. The van der Waals surface area contributed by atoms with Crippen LogP contribution in [0.25, 0.3) is 0 Å². The van der Waals surface area contributed by atoms with E-state index in [1.807, 2.05) is 12.1 Å². The molecule has 5 nitrogen and oxygen atoms in total. The zero-order valence-corrected chi connectivity index (χ0v) is 12.9. The third kappa shape index (κ3) is 3.49. The molecule has 0 fully saturated rings. The van der Waals surface area contributed by atoms with Crippen molar-refractivity contribution in [3.8, 4) is 17.2 Å². The topological polar surface area (TPSA) is 65.7 Å². The number of hydrogen-bond acceptors (Lipinski definition) is 5. The van der Waals surface area contributed by atoms with Crippen LogP contribution in [0.2, 0.25) is 0 Å². The molecule has 2 rings (SSSR count). The van der Waals surface area contributed by atoms with Crippen molar-refractivity contribution in [2.45, 2.75) is 24.9 Å². The van der Waals surface area contributed by atoms with Gasteiger partial charge in [-0.3, -0.25) is 0 Å². The second-order valence-electron chi connectivity index (χ2n) is 5.05. The molecule has 0 saturated carbocycles. The maximum atomic E-state index is 5.94. The standard InChI is InChI=1S/C16H24N2O3/c1-19-14-8-11(9-15(20-2)16(14)21-3)13(10-17)18-12-6-4-5-7-12/h4-5,8-9,12-13,18H,6-7,10,17H2,1-3H3. The minimum Gasteiger partial charge on any atom is -0.493 e. The number of nitrogens with two attached hydrogens (primary N) is 1. The van der Waals surface area contributed by atoms with Crippen LogP contribution in [-0.4, -0.2) is 33.9 Å². The highest BCUT2D eigenvalue weighted by Gasteiger charge is 2.20. The van der Waals surface area contributed by atoms with Crippen molar-refractivity contribution in [3.05, 3.63) is 29.8 Å². The Bertz CT molecular complexity index is 469. The van der Waals surface area contributed by atoms with Gasteiger partial charge in [0.2, 0.25) is 5.75 Å². The molecule has 0 saturated heterocycles. The second kappa shape index (κ2) is 7.33. The van der Waals surface area contributed by atoms with Gasteiger partial charge in [-0.15, -0.1) is 0 Å². The van der Waals surface area contributed by atoms with Crippen molar-refractivity contribution >= 4 is 0 Å². The highest BCUT2D eigenvalue weighted by molar-refractivity contribution is 5.54. The summed E-state index contributed by atoms with van der Waals surface area (Å²) in [5, 5.41) is 3.58. The average Bonchev–Trinajstić information content (AvgIpc) is 3.04. The van der Waals surface area contributed by atoms with Gasteiger partial charge in [-0.1, -0.05) is 12.2 Å². The summed E-state index contributed by atoms with van der Waals surface area (Å²) in [6, 6.07) is 4.41. The molecular weight excluding hydrogens is 268 g/mol. The Labute approximate surface area is 126 Å². The van der Waals surface area contributed by atoms with E-state index in [0.717, 1.165) is 18.4 Å². The second-order valence-corrected chi connectivity index (χ2v) is 5.05. The fourth-order valence-corrected chi connectivity index (χ4v) is 2.64. The molecule has 1 unspecified atom stereocenters. The summed E-state index contributed by atoms with van der Waals surface area (Å²) >= 11 is 0. The highest BCUT2D eigenvalue weighted by Crippen LogP contribution is 2.39. The predicted molar refractivity (Wildman–Crippen MR) is 83.2 cm³/mol. The Morgan fingerprint density at radius 3 is 2.10 bits per heavy atom. The summed E-state index contributed by atoms with van der Waals surface area (Å²) in [5.41, 5.74) is 6.98. The van der Waals surface area contributed by atoms with Crippen LogP contribution >= 0.6 is 0 Å². The van der Waals surface area contributed by atoms with Gasteiger partial charge < -0.3 is 25.3 Å². The molecule has 1 aliphatic carbocycles.